The van der Waals surface area contributed by atoms with Crippen LogP contribution in [0.4, 0.5) is 4.39 Å². The molecule has 0 bridgehead atoms. The number of halogens is 1. The quantitative estimate of drug-likeness (QED) is 0.763. The topological polar surface area (TPSA) is 12.5 Å². The fourth-order valence-electron chi connectivity index (χ4n) is 2.26. The maximum Gasteiger partial charge on any atom is 0.123 e. The minimum Gasteiger partial charge on any atom is -0.373 e. The molecule has 0 radical (unpaired) electrons. The van der Waals surface area contributed by atoms with Crippen molar-refractivity contribution in [3.8, 4) is 0 Å². The van der Waals surface area contributed by atoms with E-state index in [2.05, 4.69) is 18.7 Å². The van der Waals surface area contributed by atoms with Crippen LogP contribution in [0.25, 0.3) is 0 Å². The third kappa shape index (κ3) is 3.03. The van der Waals surface area contributed by atoms with Crippen LogP contribution in [0.5, 0.6) is 0 Å². The molecular formula is C13H18FNO. The normalized spacial score (nSPS) is 26.9. The molecule has 1 aromatic rings. The maximum atomic E-state index is 12.8. The van der Waals surface area contributed by atoms with Crippen LogP contribution in [-0.2, 0) is 11.3 Å². The van der Waals surface area contributed by atoms with E-state index in [1.807, 2.05) is 12.1 Å². The Kier molecular flexibility index (Phi) is 3.56. The summed E-state index contributed by atoms with van der Waals surface area (Å²) in [7, 11) is 0. The third-order valence-electron chi connectivity index (χ3n) is 2.81. The van der Waals surface area contributed by atoms with Crippen molar-refractivity contribution in [3.05, 3.63) is 35.6 Å². The Labute approximate surface area is 96.0 Å². The van der Waals surface area contributed by atoms with Gasteiger partial charge in [-0.05, 0) is 31.5 Å². The van der Waals surface area contributed by atoms with Crippen LogP contribution in [0.1, 0.15) is 19.4 Å². The number of hydrogen-bond acceptors (Lipinski definition) is 2. The summed E-state index contributed by atoms with van der Waals surface area (Å²) in [6, 6.07) is 6.73. The van der Waals surface area contributed by atoms with Crippen molar-refractivity contribution in [2.45, 2.75) is 32.6 Å². The minimum atomic E-state index is -0.174. The number of morpholine rings is 1. The predicted molar refractivity (Wildman–Crippen MR) is 61.7 cm³/mol. The van der Waals surface area contributed by atoms with Gasteiger partial charge in [-0.25, -0.2) is 4.39 Å². The van der Waals surface area contributed by atoms with Gasteiger partial charge < -0.3 is 4.74 Å². The number of ether oxygens (including phenoxy) is 1. The molecule has 2 atom stereocenters. The van der Waals surface area contributed by atoms with Gasteiger partial charge in [-0.15, -0.1) is 0 Å². The van der Waals surface area contributed by atoms with E-state index >= 15 is 0 Å². The fourth-order valence-corrected chi connectivity index (χ4v) is 2.26. The zero-order valence-corrected chi connectivity index (χ0v) is 9.82. The minimum absolute atomic E-state index is 0.174. The third-order valence-corrected chi connectivity index (χ3v) is 2.81. The number of hydrogen-bond donors (Lipinski definition) is 0. The summed E-state index contributed by atoms with van der Waals surface area (Å²) in [5.41, 5.74) is 1.16. The van der Waals surface area contributed by atoms with E-state index in [-0.39, 0.29) is 18.0 Å². The lowest BCUT2D eigenvalue weighted by molar-refractivity contribution is -0.0704. The first-order chi connectivity index (χ1) is 7.63. The number of nitrogens with zero attached hydrogens (tertiary/aromatic N) is 1. The van der Waals surface area contributed by atoms with Gasteiger partial charge in [0.15, 0.2) is 0 Å². The Morgan fingerprint density at radius 1 is 1.19 bits per heavy atom. The molecule has 1 saturated heterocycles. The molecule has 16 heavy (non-hydrogen) atoms. The predicted octanol–water partition coefficient (Wildman–Crippen LogP) is 2.43. The van der Waals surface area contributed by atoms with Crippen LogP contribution in [0.3, 0.4) is 0 Å². The first-order valence-electron chi connectivity index (χ1n) is 5.76. The van der Waals surface area contributed by atoms with Crippen LogP contribution < -0.4 is 0 Å². The summed E-state index contributed by atoms with van der Waals surface area (Å²) >= 11 is 0. The molecule has 0 spiro atoms. The second kappa shape index (κ2) is 4.93. The summed E-state index contributed by atoms with van der Waals surface area (Å²) < 4.78 is 18.4. The summed E-state index contributed by atoms with van der Waals surface area (Å²) in [5, 5.41) is 0. The number of benzene rings is 1. The van der Waals surface area contributed by atoms with Crippen molar-refractivity contribution < 1.29 is 9.13 Å². The molecule has 1 heterocycles. The van der Waals surface area contributed by atoms with Crippen molar-refractivity contribution in [1.82, 2.24) is 4.90 Å². The highest BCUT2D eigenvalue weighted by Crippen LogP contribution is 2.14. The van der Waals surface area contributed by atoms with Crippen LogP contribution in [0, 0.1) is 5.82 Å². The molecule has 0 N–H and O–H groups in total. The van der Waals surface area contributed by atoms with E-state index in [0.717, 1.165) is 25.2 Å². The van der Waals surface area contributed by atoms with Crippen molar-refractivity contribution >= 4 is 0 Å². The standard InChI is InChI=1S/C13H18FNO/c1-10-7-15(8-11(2)16-10)9-12-3-5-13(14)6-4-12/h3-6,10-11H,7-9H2,1-2H3/t10-,11-/m1/s1. The molecule has 3 heteroatoms. The lowest BCUT2D eigenvalue weighted by Crippen LogP contribution is -2.44. The molecule has 88 valence electrons. The van der Waals surface area contributed by atoms with E-state index in [1.54, 1.807) is 0 Å². The van der Waals surface area contributed by atoms with Gasteiger partial charge in [-0.2, -0.15) is 0 Å². The van der Waals surface area contributed by atoms with Gasteiger partial charge >= 0.3 is 0 Å². The molecule has 1 aromatic carbocycles. The van der Waals surface area contributed by atoms with Crippen molar-refractivity contribution in [3.63, 3.8) is 0 Å². The highest BCUT2D eigenvalue weighted by molar-refractivity contribution is 5.15. The first-order valence-corrected chi connectivity index (χ1v) is 5.76. The van der Waals surface area contributed by atoms with E-state index < -0.39 is 0 Å². The maximum absolute atomic E-state index is 12.8. The lowest BCUT2D eigenvalue weighted by Gasteiger charge is -2.35. The van der Waals surface area contributed by atoms with Gasteiger partial charge in [0.05, 0.1) is 12.2 Å². The Hall–Kier alpha value is -0.930. The monoisotopic (exact) mass is 223 g/mol. The van der Waals surface area contributed by atoms with E-state index in [9.17, 15) is 4.39 Å². The van der Waals surface area contributed by atoms with Gasteiger partial charge in [0.1, 0.15) is 5.82 Å². The molecular weight excluding hydrogens is 205 g/mol. The molecule has 0 saturated carbocycles. The molecule has 0 aromatic heterocycles. The Morgan fingerprint density at radius 2 is 1.75 bits per heavy atom. The second-order valence-electron chi connectivity index (χ2n) is 4.58. The van der Waals surface area contributed by atoms with Gasteiger partial charge in [-0.1, -0.05) is 12.1 Å². The van der Waals surface area contributed by atoms with Gasteiger partial charge in [0.25, 0.3) is 0 Å². The van der Waals surface area contributed by atoms with Crippen LogP contribution in [-0.4, -0.2) is 30.2 Å². The largest absolute Gasteiger partial charge is 0.373 e. The Bertz CT molecular complexity index is 328. The molecule has 1 aliphatic rings. The number of rotatable bonds is 2. The van der Waals surface area contributed by atoms with Crippen molar-refractivity contribution in [2.75, 3.05) is 13.1 Å². The van der Waals surface area contributed by atoms with Crippen molar-refractivity contribution in [2.24, 2.45) is 0 Å². The molecule has 2 rings (SSSR count). The van der Waals surface area contributed by atoms with Crippen LogP contribution >= 0.6 is 0 Å². The highest BCUT2D eigenvalue weighted by Gasteiger charge is 2.21. The first kappa shape index (κ1) is 11.6. The zero-order valence-electron chi connectivity index (χ0n) is 9.82. The van der Waals surface area contributed by atoms with Crippen LogP contribution in [0.2, 0.25) is 0 Å². The van der Waals surface area contributed by atoms with Crippen LogP contribution in [0.15, 0.2) is 24.3 Å². The smallest absolute Gasteiger partial charge is 0.123 e. The van der Waals surface area contributed by atoms with E-state index in [1.165, 1.54) is 12.1 Å². The lowest BCUT2D eigenvalue weighted by atomic mass is 10.1. The zero-order chi connectivity index (χ0) is 11.5. The molecule has 2 nitrogen and oxygen atoms in total. The van der Waals surface area contributed by atoms with Gasteiger partial charge in [0, 0.05) is 19.6 Å². The molecule has 1 aliphatic heterocycles. The second-order valence-corrected chi connectivity index (χ2v) is 4.58. The van der Waals surface area contributed by atoms with E-state index in [0.29, 0.717) is 0 Å². The van der Waals surface area contributed by atoms with E-state index in [4.69, 9.17) is 4.74 Å². The van der Waals surface area contributed by atoms with Gasteiger partial charge in [-0.3, -0.25) is 4.90 Å². The van der Waals surface area contributed by atoms with Gasteiger partial charge in [0.2, 0.25) is 0 Å². The highest BCUT2D eigenvalue weighted by atomic mass is 19.1. The molecule has 0 aliphatic carbocycles. The summed E-state index contributed by atoms with van der Waals surface area (Å²) in [6.07, 6.45) is 0.563. The van der Waals surface area contributed by atoms with Crippen molar-refractivity contribution in [1.29, 1.82) is 0 Å². The molecule has 0 unspecified atom stereocenters. The molecule has 1 fully saturated rings. The summed E-state index contributed by atoms with van der Waals surface area (Å²) in [4.78, 5) is 2.35. The summed E-state index contributed by atoms with van der Waals surface area (Å²) in [6.45, 7) is 6.95. The summed E-state index contributed by atoms with van der Waals surface area (Å²) in [5.74, 6) is -0.174. The molecule has 0 amide bonds. The average Bonchev–Trinajstić information content (AvgIpc) is 2.20. The fraction of sp³-hybridized carbons (Fsp3) is 0.538. The Morgan fingerprint density at radius 3 is 2.31 bits per heavy atom. The average molecular weight is 223 g/mol. The SMILES string of the molecule is C[C@@H]1CN(Cc2ccc(F)cc2)C[C@@H](C)O1. The Balaban J connectivity index is 1.96.